The van der Waals surface area contributed by atoms with Gasteiger partial charge in [0, 0.05) is 17.1 Å². The van der Waals surface area contributed by atoms with Crippen LogP contribution in [0, 0.1) is 0 Å². The van der Waals surface area contributed by atoms with Gasteiger partial charge in [0.05, 0.1) is 5.69 Å². The van der Waals surface area contributed by atoms with Gasteiger partial charge in [-0.2, -0.15) is 0 Å². The van der Waals surface area contributed by atoms with Gasteiger partial charge in [-0.15, -0.1) is 0 Å². The van der Waals surface area contributed by atoms with Crippen molar-refractivity contribution >= 4 is 17.6 Å². The van der Waals surface area contributed by atoms with E-state index in [0.29, 0.717) is 10.8 Å². The van der Waals surface area contributed by atoms with Crippen molar-refractivity contribution in [2.24, 2.45) is 0 Å². The summed E-state index contributed by atoms with van der Waals surface area (Å²) in [6.07, 6.45) is 1.74. The number of benzene rings is 1. The standard InChI is InChI=1S/C13H11ClN2O2/c14-9-4-1-3-8(7-9)12-15-11(13(17)18)10-5-2-6-16(10)12/h1,3-4,7H,2,5-6H2,(H,17,18). The lowest BCUT2D eigenvalue weighted by Crippen LogP contribution is -2.00. The third-order valence-corrected chi connectivity index (χ3v) is 3.39. The van der Waals surface area contributed by atoms with E-state index in [0.717, 1.165) is 30.6 Å². The van der Waals surface area contributed by atoms with Crippen molar-refractivity contribution < 1.29 is 9.90 Å². The van der Waals surface area contributed by atoms with Crippen LogP contribution in [0.2, 0.25) is 5.02 Å². The molecule has 0 bridgehead atoms. The lowest BCUT2D eigenvalue weighted by Gasteiger charge is -2.04. The van der Waals surface area contributed by atoms with Crippen LogP contribution in [0.1, 0.15) is 22.6 Å². The van der Waals surface area contributed by atoms with Gasteiger partial charge in [0.15, 0.2) is 5.69 Å². The molecule has 2 aromatic rings. The van der Waals surface area contributed by atoms with E-state index >= 15 is 0 Å². The summed E-state index contributed by atoms with van der Waals surface area (Å²) in [4.78, 5) is 15.4. The molecule has 0 saturated carbocycles. The van der Waals surface area contributed by atoms with E-state index in [1.165, 1.54) is 0 Å². The molecule has 1 aliphatic rings. The molecule has 0 radical (unpaired) electrons. The maximum absolute atomic E-state index is 11.2. The highest BCUT2D eigenvalue weighted by molar-refractivity contribution is 6.30. The number of carboxylic acids is 1. The number of carboxylic acid groups (broad SMARTS) is 1. The fourth-order valence-corrected chi connectivity index (χ4v) is 2.59. The van der Waals surface area contributed by atoms with Crippen molar-refractivity contribution in [3.8, 4) is 11.4 Å². The summed E-state index contributed by atoms with van der Waals surface area (Å²) in [7, 11) is 0. The second kappa shape index (κ2) is 4.14. The lowest BCUT2D eigenvalue weighted by atomic mass is 10.2. The minimum atomic E-state index is -0.964. The van der Waals surface area contributed by atoms with E-state index in [1.54, 1.807) is 12.1 Å². The van der Waals surface area contributed by atoms with Crippen LogP contribution in [-0.4, -0.2) is 20.6 Å². The predicted octanol–water partition coefficient (Wildman–Crippen LogP) is 2.85. The highest BCUT2D eigenvalue weighted by atomic mass is 35.5. The molecule has 18 heavy (non-hydrogen) atoms. The maximum Gasteiger partial charge on any atom is 0.356 e. The molecule has 1 aromatic heterocycles. The van der Waals surface area contributed by atoms with Crippen LogP contribution in [0.25, 0.3) is 11.4 Å². The van der Waals surface area contributed by atoms with E-state index in [9.17, 15) is 4.79 Å². The average Bonchev–Trinajstić information content (AvgIpc) is 2.88. The second-order valence-electron chi connectivity index (χ2n) is 4.30. The average molecular weight is 263 g/mol. The first-order valence-corrected chi connectivity index (χ1v) is 6.13. The van der Waals surface area contributed by atoms with E-state index in [2.05, 4.69) is 4.98 Å². The van der Waals surface area contributed by atoms with Crippen molar-refractivity contribution in [2.45, 2.75) is 19.4 Å². The van der Waals surface area contributed by atoms with Gasteiger partial charge in [0.25, 0.3) is 0 Å². The number of hydrogen-bond donors (Lipinski definition) is 1. The highest BCUT2D eigenvalue weighted by Gasteiger charge is 2.25. The summed E-state index contributed by atoms with van der Waals surface area (Å²) in [5, 5.41) is 9.79. The van der Waals surface area contributed by atoms with Gasteiger partial charge in [0.1, 0.15) is 5.82 Å². The number of halogens is 1. The third kappa shape index (κ3) is 1.69. The monoisotopic (exact) mass is 262 g/mol. The Bertz CT molecular complexity index is 634. The lowest BCUT2D eigenvalue weighted by molar-refractivity contribution is 0.0690. The predicted molar refractivity (Wildman–Crippen MR) is 68.0 cm³/mol. The van der Waals surface area contributed by atoms with Gasteiger partial charge in [-0.1, -0.05) is 23.7 Å². The Labute approximate surface area is 109 Å². The molecule has 0 unspecified atom stereocenters. The van der Waals surface area contributed by atoms with E-state index in [4.69, 9.17) is 16.7 Å². The molecule has 0 saturated heterocycles. The molecule has 5 heteroatoms. The fraction of sp³-hybridized carbons (Fsp3) is 0.231. The molecule has 1 N–H and O–H groups in total. The van der Waals surface area contributed by atoms with Crippen LogP contribution >= 0.6 is 11.6 Å². The van der Waals surface area contributed by atoms with Crippen molar-refractivity contribution in [2.75, 3.05) is 0 Å². The summed E-state index contributed by atoms with van der Waals surface area (Å²) >= 11 is 5.96. The first-order valence-electron chi connectivity index (χ1n) is 5.75. The number of aromatic nitrogens is 2. The van der Waals surface area contributed by atoms with Crippen molar-refractivity contribution in [1.29, 1.82) is 0 Å². The Hall–Kier alpha value is -1.81. The van der Waals surface area contributed by atoms with E-state index in [1.807, 2.05) is 16.7 Å². The minimum absolute atomic E-state index is 0.169. The number of hydrogen-bond acceptors (Lipinski definition) is 2. The number of rotatable bonds is 2. The van der Waals surface area contributed by atoms with Crippen molar-refractivity contribution in [3.63, 3.8) is 0 Å². The first kappa shape index (κ1) is 11.3. The van der Waals surface area contributed by atoms with Gasteiger partial charge in [-0.25, -0.2) is 9.78 Å². The van der Waals surface area contributed by atoms with Gasteiger partial charge >= 0.3 is 5.97 Å². The Balaban J connectivity index is 2.19. The second-order valence-corrected chi connectivity index (χ2v) is 4.74. The molecular formula is C13H11ClN2O2. The molecule has 3 rings (SSSR count). The van der Waals surface area contributed by atoms with Crippen molar-refractivity contribution in [1.82, 2.24) is 9.55 Å². The van der Waals surface area contributed by atoms with Crippen LogP contribution in [0.4, 0.5) is 0 Å². The fourth-order valence-electron chi connectivity index (χ4n) is 2.40. The molecule has 92 valence electrons. The summed E-state index contributed by atoms with van der Waals surface area (Å²) in [5.41, 5.74) is 1.85. The van der Waals surface area contributed by atoms with Crippen LogP contribution in [0.5, 0.6) is 0 Å². The highest BCUT2D eigenvalue weighted by Crippen LogP contribution is 2.29. The number of nitrogens with zero attached hydrogens (tertiary/aromatic N) is 2. The van der Waals surface area contributed by atoms with Gasteiger partial charge in [-0.3, -0.25) is 0 Å². The largest absolute Gasteiger partial charge is 0.476 e. The van der Waals surface area contributed by atoms with Crippen molar-refractivity contribution in [3.05, 3.63) is 40.7 Å². The molecule has 0 atom stereocenters. The maximum atomic E-state index is 11.2. The molecule has 1 aromatic carbocycles. The van der Waals surface area contributed by atoms with Gasteiger partial charge in [0.2, 0.25) is 0 Å². The Morgan fingerprint density at radius 1 is 1.44 bits per heavy atom. The van der Waals surface area contributed by atoms with Crippen LogP contribution in [-0.2, 0) is 13.0 Å². The number of aromatic carboxylic acids is 1. The molecule has 0 fully saturated rings. The molecule has 2 heterocycles. The smallest absolute Gasteiger partial charge is 0.356 e. The number of fused-ring (bicyclic) bond motifs is 1. The first-order chi connectivity index (χ1) is 8.66. The summed E-state index contributed by atoms with van der Waals surface area (Å²) in [6, 6.07) is 7.33. The van der Waals surface area contributed by atoms with Crippen LogP contribution < -0.4 is 0 Å². The zero-order valence-corrected chi connectivity index (χ0v) is 10.3. The molecule has 4 nitrogen and oxygen atoms in total. The minimum Gasteiger partial charge on any atom is -0.476 e. The van der Waals surface area contributed by atoms with Crippen LogP contribution in [0.15, 0.2) is 24.3 Å². The number of carbonyl (C=O) groups is 1. The molecule has 0 spiro atoms. The molecule has 1 aliphatic heterocycles. The topological polar surface area (TPSA) is 55.1 Å². The zero-order valence-electron chi connectivity index (χ0n) is 9.56. The quantitative estimate of drug-likeness (QED) is 0.905. The summed E-state index contributed by atoms with van der Waals surface area (Å²) < 4.78 is 1.98. The Kier molecular flexibility index (Phi) is 2.59. The molecular weight excluding hydrogens is 252 g/mol. The normalized spacial score (nSPS) is 13.6. The van der Waals surface area contributed by atoms with E-state index < -0.39 is 5.97 Å². The van der Waals surface area contributed by atoms with E-state index in [-0.39, 0.29) is 5.69 Å². The Morgan fingerprint density at radius 2 is 2.28 bits per heavy atom. The molecule has 0 amide bonds. The van der Waals surface area contributed by atoms with Gasteiger partial charge in [-0.05, 0) is 25.0 Å². The summed E-state index contributed by atoms with van der Waals surface area (Å²) in [5.74, 6) is -0.267. The molecule has 0 aliphatic carbocycles. The summed E-state index contributed by atoms with van der Waals surface area (Å²) in [6.45, 7) is 0.817. The Morgan fingerprint density at radius 3 is 3.00 bits per heavy atom. The third-order valence-electron chi connectivity index (χ3n) is 3.15. The van der Waals surface area contributed by atoms with Crippen LogP contribution in [0.3, 0.4) is 0 Å². The SMILES string of the molecule is O=C(O)c1nc(-c2cccc(Cl)c2)n2c1CCC2. The zero-order chi connectivity index (χ0) is 12.7. The number of imidazole rings is 1. The van der Waals surface area contributed by atoms with Gasteiger partial charge < -0.3 is 9.67 Å².